The first-order valence-corrected chi connectivity index (χ1v) is 11.4. The molecule has 0 unspecified atom stereocenters. The van der Waals surface area contributed by atoms with Gasteiger partial charge in [0.2, 0.25) is 0 Å². The van der Waals surface area contributed by atoms with E-state index in [4.69, 9.17) is 21.1 Å². The highest BCUT2D eigenvalue weighted by Gasteiger charge is 2.30. The third-order valence-corrected chi connectivity index (χ3v) is 6.08. The Bertz CT molecular complexity index is 1270. The fourth-order valence-electron chi connectivity index (χ4n) is 2.72. The lowest BCUT2D eigenvalue weighted by atomic mass is 10.2. The van der Waals surface area contributed by atoms with Crippen LogP contribution in [0.2, 0.25) is 5.02 Å². The Labute approximate surface area is 198 Å². The molecule has 2 N–H and O–H groups in total. The smallest absolute Gasteiger partial charge is 0.416 e. The van der Waals surface area contributed by atoms with Gasteiger partial charge in [-0.25, -0.2) is 8.42 Å². The van der Waals surface area contributed by atoms with E-state index in [1.165, 1.54) is 31.4 Å². The van der Waals surface area contributed by atoms with Crippen LogP contribution in [0.4, 0.5) is 24.5 Å². The van der Waals surface area contributed by atoms with Gasteiger partial charge >= 0.3 is 6.18 Å². The molecule has 34 heavy (non-hydrogen) atoms. The van der Waals surface area contributed by atoms with Crippen molar-refractivity contribution in [1.82, 2.24) is 0 Å². The number of benzene rings is 3. The molecular weight excluding hydrogens is 497 g/mol. The van der Waals surface area contributed by atoms with Gasteiger partial charge in [-0.1, -0.05) is 11.6 Å². The highest BCUT2D eigenvalue weighted by atomic mass is 35.5. The summed E-state index contributed by atoms with van der Waals surface area (Å²) in [6.45, 7) is -0.503. The van der Waals surface area contributed by atoms with E-state index in [-0.39, 0.29) is 21.4 Å². The Morgan fingerprint density at radius 2 is 1.59 bits per heavy atom. The number of halogens is 4. The number of carbonyl (C=O) groups excluding carboxylic acids is 1. The van der Waals surface area contributed by atoms with E-state index < -0.39 is 34.3 Å². The maximum absolute atomic E-state index is 12.6. The van der Waals surface area contributed by atoms with Crippen molar-refractivity contribution in [2.75, 3.05) is 23.8 Å². The Kier molecular flexibility index (Phi) is 7.57. The molecule has 0 fully saturated rings. The number of amides is 1. The van der Waals surface area contributed by atoms with Gasteiger partial charge in [-0.3, -0.25) is 9.52 Å². The second kappa shape index (κ2) is 10.2. The van der Waals surface area contributed by atoms with Crippen molar-refractivity contribution in [3.63, 3.8) is 0 Å². The number of methoxy groups -OCH3 is 1. The van der Waals surface area contributed by atoms with Crippen molar-refractivity contribution in [2.45, 2.75) is 11.1 Å². The largest absolute Gasteiger partial charge is 0.497 e. The van der Waals surface area contributed by atoms with Gasteiger partial charge in [0.25, 0.3) is 15.9 Å². The van der Waals surface area contributed by atoms with Gasteiger partial charge in [-0.05, 0) is 66.7 Å². The first-order chi connectivity index (χ1) is 16.0. The number of alkyl halides is 3. The molecule has 0 aliphatic carbocycles. The molecule has 0 heterocycles. The molecule has 1 amide bonds. The molecule has 0 aliphatic rings. The minimum atomic E-state index is -4.48. The van der Waals surface area contributed by atoms with E-state index in [0.717, 1.165) is 30.3 Å². The number of ether oxygens (including phenoxy) is 2. The highest BCUT2D eigenvalue weighted by molar-refractivity contribution is 7.92. The fraction of sp³-hybridized carbons (Fsp3) is 0.136. The second-order valence-electron chi connectivity index (χ2n) is 6.84. The summed E-state index contributed by atoms with van der Waals surface area (Å²) in [5.74, 6) is -0.0313. The number of nitrogens with one attached hydrogen (secondary N) is 2. The number of anilines is 2. The van der Waals surface area contributed by atoms with Crippen molar-refractivity contribution in [1.29, 1.82) is 0 Å². The first kappa shape index (κ1) is 25.2. The minimum Gasteiger partial charge on any atom is -0.497 e. The molecule has 12 heteroatoms. The van der Waals surface area contributed by atoms with E-state index in [1.807, 2.05) is 0 Å². The lowest BCUT2D eigenvalue weighted by Gasteiger charge is -2.12. The standard InChI is InChI=1S/C22H18ClF3N2O5S/c1-32-17-8-6-16(7-9-17)28-34(30,31)18-10-11-20(19(23)12-18)33-13-21(29)27-15-4-2-14(3-5-15)22(24,25)26/h2-12,28H,13H2,1H3,(H,27,29). The van der Waals surface area contributed by atoms with Gasteiger partial charge < -0.3 is 14.8 Å². The van der Waals surface area contributed by atoms with Gasteiger partial charge in [0.1, 0.15) is 11.5 Å². The van der Waals surface area contributed by atoms with Crippen molar-refractivity contribution >= 4 is 38.9 Å². The summed E-state index contributed by atoms with van der Waals surface area (Å²) >= 11 is 6.11. The zero-order valence-electron chi connectivity index (χ0n) is 17.5. The van der Waals surface area contributed by atoms with Crippen LogP contribution < -0.4 is 19.5 Å². The van der Waals surface area contributed by atoms with Gasteiger partial charge in [0.05, 0.1) is 22.6 Å². The number of rotatable bonds is 8. The highest BCUT2D eigenvalue weighted by Crippen LogP contribution is 2.30. The van der Waals surface area contributed by atoms with Crippen LogP contribution in [-0.2, 0) is 21.0 Å². The SMILES string of the molecule is COc1ccc(NS(=O)(=O)c2ccc(OCC(=O)Nc3ccc(C(F)(F)F)cc3)c(Cl)c2)cc1. The summed E-state index contributed by atoms with van der Waals surface area (Å²) in [5, 5.41) is 2.34. The molecule has 3 rings (SSSR count). The monoisotopic (exact) mass is 514 g/mol. The lowest BCUT2D eigenvalue weighted by Crippen LogP contribution is -2.20. The average Bonchev–Trinajstić information content (AvgIpc) is 2.78. The zero-order valence-corrected chi connectivity index (χ0v) is 19.1. The normalized spacial score (nSPS) is 11.6. The molecule has 7 nitrogen and oxygen atoms in total. The number of hydrogen-bond donors (Lipinski definition) is 2. The Morgan fingerprint density at radius 3 is 2.15 bits per heavy atom. The summed E-state index contributed by atoms with van der Waals surface area (Å²) in [7, 11) is -2.46. The van der Waals surface area contributed by atoms with Gasteiger partial charge in [0.15, 0.2) is 6.61 Å². The van der Waals surface area contributed by atoms with E-state index in [9.17, 15) is 26.4 Å². The van der Waals surface area contributed by atoms with E-state index in [0.29, 0.717) is 11.4 Å². The maximum atomic E-state index is 12.6. The summed E-state index contributed by atoms with van der Waals surface area (Å²) in [6.07, 6.45) is -4.48. The van der Waals surface area contributed by atoms with Crippen molar-refractivity contribution in [3.8, 4) is 11.5 Å². The molecule has 0 radical (unpaired) electrons. The quantitative estimate of drug-likeness (QED) is 0.432. The van der Waals surface area contributed by atoms with Crippen LogP contribution in [0.1, 0.15) is 5.56 Å². The molecule has 0 atom stereocenters. The van der Waals surface area contributed by atoms with Crippen LogP contribution in [0.3, 0.4) is 0 Å². The maximum Gasteiger partial charge on any atom is 0.416 e. The Hall–Kier alpha value is -3.44. The molecule has 180 valence electrons. The summed E-state index contributed by atoms with van der Waals surface area (Å²) in [6, 6.07) is 13.9. The van der Waals surface area contributed by atoms with E-state index in [2.05, 4.69) is 10.0 Å². The first-order valence-electron chi connectivity index (χ1n) is 9.54. The number of carbonyl (C=O) groups is 1. The number of hydrogen-bond acceptors (Lipinski definition) is 5. The van der Waals surface area contributed by atoms with Crippen LogP contribution in [0.5, 0.6) is 11.5 Å². The molecule has 0 spiro atoms. The van der Waals surface area contributed by atoms with Crippen LogP contribution in [0.25, 0.3) is 0 Å². The molecule has 3 aromatic rings. The summed E-state index contributed by atoms with van der Waals surface area (Å²) in [4.78, 5) is 11.9. The van der Waals surface area contributed by atoms with Gasteiger partial charge in [-0.15, -0.1) is 0 Å². The van der Waals surface area contributed by atoms with E-state index in [1.54, 1.807) is 12.1 Å². The molecular formula is C22H18ClF3N2O5S. The topological polar surface area (TPSA) is 93.7 Å². The number of sulfonamides is 1. The minimum absolute atomic E-state index is 0.0487. The van der Waals surface area contributed by atoms with Crippen LogP contribution in [-0.4, -0.2) is 28.0 Å². The van der Waals surface area contributed by atoms with Crippen LogP contribution in [0, 0.1) is 0 Å². The zero-order chi connectivity index (χ0) is 24.9. The van der Waals surface area contributed by atoms with Crippen LogP contribution in [0.15, 0.2) is 71.6 Å². The molecule has 0 aliphatic heterocycles. The van der Waals surface area contributed by atoms with Crippen LogP contribution >= 0.6 is 11.6 Å². The van der Waals surface area contributed by atoms with E-state index >= 15 is 0 Å². The third kappa shape index (κ3) is 6.55. The summed E-state index contributed by atoms with van der Waals surface area (Å²) in [5.41, 5.74) is -0.374. The predicted molar refractivity (Wildman–Crippen MR) is 121 cm³/mol. The lowest BCUT2D eigenvalue weighted by molar-refractivity contribution is -0.137. The third-order valence-electron chi connectivity index (χ3n) is 4.41. The second-order valence-corrected chi connectivity index (χ2v) is 8.93. The Balaban J connectivity index is 1.60. The average molecular weight is 515 g/mol. The predicted octanol–water partition coefficient (Wildman–Crippen LogP) is 5.19. The molecule has 0 saturated heterocycles. The van der Waals surface area contributed by atoms with Gasteiger partial charge in [0, 0.05) is 11.4 Å². The van der Waals surface area contributed by atoms with Crippen molar-refractivity contribution < 1.29 is 35.9 Å². The molecule has 0 bridgehead atoms. The summed E-state index contributed by atoms with van der Waals surface area (Å²) < 4.78 is 75.7. The molecule has 3 aromatic carbocycles. The fourth-order valence-corrected chi connectivity index (χ4v) is 4.11. The van der Waals surface area contributed by atoms with Crippen molar-refractivity contribution in [3.05, 3.63) is 77.3 Å². The Morgan fingerprint density at radius 1 is 0.971 bits per heavy atom. The molecule has 0 aromatic heterocycles. The molecule has 0 saturated carbocycles. The van der Waals surface area contributed by atoms with Crippen molar-refractivity contribution in [2.24, 2.45) is 0 Å². The van der Waals surface area contributed by atoms with Gasteiger partial charge in [-0.2, -0.15) is 13.2 Å².